The lowest BCUT2D eigenvalue weighted by molar-refractivity contribution is -0.134. The summed E-state index contributed by atoms with van der Waals surface area (Å²) in [6.07, 6.45) is 5.00. The van der Waals surface area contributed by atoms with Crippen LogP contribution in [0.3, 0.4) is 0 Å². The molecule has 138 valence electrons. The highest BCUT2D eigenvalue weighted by Gasteiger charge is 2.32. The topological polar surface area (TPSA) is 72.1 Å². The molecule has 1 saturated heterocycles. The van der Waals surface area contributed by atoms with E-state index in [4.69, 9.17) is 4.42 Å². The monoisotopic (exact) mass is 362 g/mol. The van der Waals surface area contributed by atoms with Crippen LogP contribution in [0.15, 0.2) is 53.1 Å². The summed E-state index contributed by atoms with van der Waals surface area (Å²) >= 11 is 0. The Hall–Kier alpha value is -3.02. The maximum Gasteiger partial charge on any atom is 0.249 e. The fraction of sp³-hybridized carbons (Fsp3) is 0.333. The van der Waals surface area contributed by atoms with Crippen LogP contribution in [0, 0.1) is 6.92 Å². The predicted molar refractivity (Wildman–Crippen MR) is 101 cm³/mol. The molecule has 0 spiro atoms. The summed E-state index contributed by atoms with van der Waals surface area (Å²) in [5.74, 6) is 1.05. The van der Waals surface area contributed by atoms with Crippen molar-refractivity contribution < 1.29 is 9.21 Å². The highest BCUT2D eigenvalue weighted by Crippen LogP contribution is 2.32. The molecule has 3 aromatic rings. The Kier molecular flexibility index (Phi) is 4.96. The van der Waals surface area contributed by atoms with Crippen molar-refractivity contribution >= 4 is 5.91 Å². The van der Waals surface area contributed by atoms with Gasteiger partial charge in [0.1, 0.15) is 6.04 Å². The van der Waals surface area contributed by atoms with E-state index in [1.165, 1.54) is 0 Å². The third-order valence-electron chi connectivity index (χ3n) is 4.91. The molecular formula is C21H22N4O2. The van der Waals surface area contributed by atoms with Crippen molar-refractivity contribution in [2.24, 2.45) is 0 Å². The zero-order valence-electron chi connectivity index (χ0n) is 15.3. The van der Waals surface area contributed by atoms with Crippen molar-refractivity contribution in [3.8, 4) is 11.5 Å². The van der Waals surface area contributed by atoms with E-state index in [0.29, 0.717) is 18.2 Å². The molecule has 4 rings (SSSR count). The number of amides is 1. The first kappa shape index (κ1) is 17.4. The van der Waals surface area contributed by atoms with Crippen molar-refractivity contribution in [1.82, 2.24) is 20.1 Å². The molecule has 1 atom stereocenters. The van der Waals surface area contributed by atoms with Crippen LogP contribution >= 0.6 is 0 Å². The van der Waals surface area contributed by atoms with Gasteiger partial charge in [0.2, 0.25) is 17.7 Å². The van der Waals surface area contributed by atoms with E-state index >= 15 is 0 Å². The highest BCUT2D eigenvalue weighted by atomic mass is 16.4. The molecule has 0 radical (unpaired) electrons. The van der Waals surface area contributed by atoms with E-state index in [1.54, 1.807) is 6.20 Å². The lowest BCUT2D eigenvalue weighted by Gasteiger charge is -2.33. The molecule has 2 aromatic heterocycles. The number of hydrogen-bond acceptors (Lipinski definition) is 5. The molecule has 27 heavy (non-hydrogen) atoms. The van der Waals surface area contributed by atoms with E-state index in [-0.39, 0.29) is 11.9 Å². The predicted octanol–water partition coefficient (Wildman–Crippen LogP) is 3.74. The van der Waals surface area contributed by atoms with Crippen LogP contribution in [0.5, 0.6) is 0 Å². The largest absolute Gasteiger partial charge is 0.418 e. The van der Waals surface area contributed by atoms with Gasteiger partial charge in [0, 0.05) is 18.4 Å². The first-order valence-corrected chi connectivity index (χ1v) is 9.30. The fourth-order valence-corrected chi connectivity index (χ4v) is 3.44. The van der Waals surface area contributed by atoms with Crippen LogP contribution < -0.4 is 0 Å². The number of piperidine rings is 1. The molecule has 3 heterocycles. The summed E-state index contributed by atoms with van der Waals surface area (Å²) in [6, 6.07) is 13.5. The lowest BCUT2D eigenvalue weighted by atomic mass is 10.0. The molecule has 0 aliphatic carbocycles. The van der Waals surface area contributed by atoms with Gasteiger partial charge in [0.05, 0.1) is 12.0 Å². The second-order valence-electron chi connectivity index (χ2n) is 6.89. The molecule has 1 amide bonds. The molecule has 1 aliphatic heterocycles. The Morgan fingerprint density at radius 3 is 2.78 bits per heavy atom. The Balaban J connectivity index is 1.54. The summed E-state index contributed by atoms with van der Waals surface area (Å²) in [4.78, 5) is 19.1. The van der Waals surface area contributed by atoms with Crippen LogP contribution in [-0.2, 0) is 11.2 Å². The van der Waals surface area contributed by atoms with E-state index < -0.39 is 0 Å². The number of pyridine rings is 1. The number of aryl methyl sites for hydroxylation is 1. The van der Waals surface area contributed by atoms with Crippen LogP contribution in [0.25, 0.3) is 11.5 Å². The van der Waals surface area contributed by atoms with Gasteiger partial charge in [-0.25, -0.2) is 0 Å². The Labute approximate surface area is 158 Å². The van der Waals surface area contributed by atoms with Crippen molar-refractivity contribution in [3.05, 3.63) is 65.8 Å². The second kappa shape index (κ2) is 7.70. The fourth-order valence-electron chi connectivity index (χ4n) is 3.44. The third kappa shape index (κ3) is 3.89. The number of nitrogens with zero attached hydrogens (tertiary/aromatic N) is 4. The van der Waals surface area contributed by atoms with Gasteiger partial charge >= 0.3 is 0 Å². The van der Waals surface area contributed by atoms with E-state index in [1.807, 2.05) is 54.3 Å². The Morgan fingerprint density at radius 1 is 1.15 bits per heavy atom. The lowest BCUT2D eigenvalue weighted by Crippen LogP contribution is -2.39. The molecule has 0 unspecified atom stereocenters. The minimum atomic E-state index is -0.158. The molecule has 0 bridgehead atoms. The number of carbonyl (C=O) groups excluding carboxylic acids is 1. The average molecular weight is 362 g/mol. The molecule has 6 nitrogen and oxygen atoms in total. The molecule has 6 heteroatoms. The van der Waals surface area contributed by atoms with E-state index in [2.05, 4.69) is 15.2 Å². The number of rotatable bonds is 4. The third-order valence-corrected chi connectivity index (χ3v) is 4.91. The SMILES string of the molecule is Cc1ccc(-c2nnc([C@@H]3CCCCN3C(=O)Cc3ccccc3)o2)cn1. The zero-order chi connectivity index (χ0) is 18.6. The number of aromatic nitrogens is 3. The quantitative estimate of drug-likeness (QED) is 0.707. The molecule has 1 aromatic carbocycles. The smallest absolute Gasteiger partial charge is 0.249 e. The van der Waals surface area contributed by atoms with Crippen LogP contribution in [0.4, 0.5) is 0 Å². The first-order chi connectivity index (χ1) is 13.2. The molecular weight excluding hydrogens is 340 g/mol. The molecule has 1 aliphatic rings. The second-order valence-corrected chi connectivity index (χ2v) is 6.89. The summed E-state index contributed by atoms with van der Waals surface area (Å²) in [5, 5.41) is 8.41. The van der Waals surface area contributed by atoms with E-state index in [9.17, 15) is 4.79 Å². The first-order valence-electron chi connectivity index (χ1n) is 9.30. The minimum Gasteiger partial charge on any atom is -0.418 e. The maximum absolute atomic E-state index is 12.9. The molecule has 0 saturated carbocycles. The van der Waals surface area contributed by atoms with Crippen molar-refractivity contribution in [1.29, 1.82) is 0 Å². The van der Waals surface area contributed by atoms with Gasteiger partial charge in [-0.2, -0.15) is 0 Å². The van der Waals surface area contributed by atoms with Crippen LogP contribution in [0.1, 0.15) is 42.5 Å². The van der Waals surface area contributed by atoms with Gasteiger partial charge in [-0.3, -0.25) is 9.78 Å². The normalized spacial score (nSPS) is 17.1. The number of benzene rings is 1. The molecule has 1 fully saturated rings. The standard InChI is InChI=1S/C21H22N4O2/c1-15-10-11-17(14-22-15)20-23-24-21(27-20)18-9-5-6-12-25(18)19(26)13-16-7-3-2-4-8-16/h2-4,7-8,10-11,14,18H,5-6,9,12-13H2,1H3/t18-/m0/s1. The van der Waals surface area contributed by atoms with Crippen molar-refractivity contribution in [3.63, 3.8) is 0 Å². The summed E-state index contributed by atoms with van der Waals surface area (Å²) < 4.78 is 5.92. The van der Waals surface area contributed by atoms with Gasteiger partial charge in [0.15, 0.2) is 0 Å². The summed E-state index contributed by atoms with van der Waals surface area (Å²) in [6.45, 7) is 2.65. The van der Waals surface area contributed by atoms with Gasteiger partial charge in [-0.1, -0.05) is 30.3 Å². The summed E-state index contributed by atoms with van der Waals surface area (Å²) in [5.41, 5.74) is 2.74. The zero-order valence-corrected chi connectivity index (χ0v) is 15.3. The van der Waals surface area contributed by atoms with E-state index in [0.717, 1.165) is 42.6 Å². The Bertz CT molecular complexity index is 905. The minimum absolute atomic E-state index is 0.0997. The number of carbonyl (C=O) groups is 1. The van der Waals surface area contributed by atoms with Crippen LogP contribution in [-0.4, -0.2) is 32.5 Å². The number of hydrogen-bond donors (Lipinski definition) is 0. The highest BCUT2D eigenvalue weighted by molar-refractivity contribution is 5.79. The van der Waals surface area contributed by atoms with Crippen molar-refractivity contribution in [2.45, 2.75) is 38.6 Å². The summed E-state index contributed by atoms with van der Waals surface area (Å²) in [7, 11) is 0. The van der Waals surface area contributed by atoms with Gasteiger partial charge < -0.3 is 9.32 Å². The number of likely N-dealkylation sites (tertiary alicyclic amines) is 1. The van der Waals surface area contributed by atoms with Gasteiger partial charge in [0.25, 0.3) is 0 Å². The maximum atomic E-state index is 12.9. The Morgan fingerprint density at radius 2 is 2.00 bits per heavy atom. The average Bonchev–Trinajstić information content (AvgIpc) is 3.19. The molecule has 0 N–H and O–H groups in total. The van der Waals surface area contributed by atoms with Gasteiger partial charge in [-0.05, 0) is 43.9 Å². The van der Waals surface area contributed by atoms with Gasteiger partial charge in [-0.15, -0.1) is 10.2 Å². The van der Waals surface area contributed by atoms with Crippen molar-refractivity contribution in [2.75, 3.05) is 6.54 Å². The van der Waals surface area contributed by atoms with Crippen LogP contribution in [0.2, 0.25) is 0 Å².